The van der Waals surface area contributed by atoms with Crippen LogP contribution in [0.2, 0.25) is 0 Å². The highest BCUT2D eigenvalue weighted by molar-refractivity contribution is 5.29. The summed E-state index contributed by atoms with van der Waals surface area (Å²) in [6.07, 6.45) is -2.88. The van der Waals surface area contributed by atoms with E-state index in [4.69, 9.17) is 10.6 Å². The maximum Gasteiger partial charge on any atom is 0.390 e. The average molecular weight is 260 g/mol. The number of hydrazine groups is 1. The van der Waals surface area contributed by atoms with E-state index in [9.17, 15) is 13.2 Å². The molecule has 1 aliphatic rings. The van der Waals surface area contributed by atoms with E-state index in [0.717, 1.165) is 12.8 Å². The van der Waals surface area contributed by atoms with E-state index in [1.165, 1.54) is 0 Å². The summed E-state index contributed by atoms with van der Waals surface area (Å²) in [6.45, 7) is 0. The minimum Gasteiger partial charge on any atom is -0.490 e. The van der Waals surface area contributed by atoms with Gasteiger partial charge in [-0.3, -0.25) is 11.3 Å². The lowest BCUT2D eigenvalue weighted by molar-refractivity contribution is -0.140. The Labute approximate surface area is 103 Å². The molecule has 0 spiro atoms. The molecule has 1 fully saturated rings. The van der Waals surface area contributed by atoms with Crippen LogP contribution in [0.25, 0.3) is 0 Å². The molecule has 1 saturated carbocycles. The lowest BCUT2D eigenvalue weighted by Crippen LogP contribution is -2.31. The highest BCUT2D eigenvalue weighted by Gasteiger charge is 2.32. The van der Waals surface area contributed by atoms with Crippen molar-refractivity contribution in [3.8, 4) is 5.75 Å². The summed E-state index contributed by atoms with van der Waals surface area (Å²) in [7, 11) is 0. The molecule has 1 atom stereocenters. The number of nitrogens with one attached hydrogen (secondary N) is 1. The molecule has 1 aromatic carbocycles. The van der Waals surface area contributed by atoms with Crippen LogP contribution in [0, 0.1) is 0 Å². The SMILES string of the molecule is NNC(CC(F)(F)F)c1ccc(OC2CC2)cc1. The molecule has 3 N–H and O–H groups in total. The fourth-order valence-electron chi connectivity index (χ4n) is 1.66. The Kier molecular flexibility index (Phi) is 3.77. The highest BCUT2D eigenvalue weighted by Crippen LogP contribution is 2.31. The van der Waals surface area contributed by atoms with Crippen molar-refractivity contribution in [2.75, 3.05) is 0 Å². The van der Waals surface area contributed by atoms with E-state index in [0.29, 0.717) is 11.3 Å². The first-order valence-corrected chi connectivity index (χ1v) is 5.77. The van der Waals surface area contributed by atoms with Crippen LogP contribution >= 0.6 is 0 Å². The smallest absolute Gasteiger partial charge is 0.390 e. The number of alkyl halides is 3. The van der Waals surface area contributed by atoms with Crippen LogP contribution in [0.1, 0.15) is 30.9 Å². The van der Waals surface area contributed by atoms with Crippen molar-refractivity contribution in [1.29, 1.82) is 0 Å². The van der Waals surface area contributed by atoms with E-state index >= 15 is 0 Å². The van der Waals surface area contributed by atoms with Crippen molar-refractivity contribution in [3.05, 3.63) is 29.8 Å². The van der Waals surface area contributed by atoms with Gasteiger partial charge in [0.2, 0.25) is 0 Å². The maximum absolute atomic E-state index is 12.3. The zero-order valence-corrected chi connectivity index (χ0v) is 9.70. The Balaban J connectivity index is 2.01. The summed E-state index contributed by atoms with van der Waals surface area (Å²) in [5.41, 5.74) is 2.68. The van der Waals surface area contributed by atoms with E-state index in [-0.39, 0.29) is 6.10 Å². The summed E-state index contributed by atoms with van der Waals surface area (Å²) in [6, 6.07) is 5.63. The molecule has 0 aliphatic heterocycles. The van der Waals surface area contributed by atoms with Crippen LogP contribution in [0.15, 0.2) is 24.3 Å². The fraction of sp³-hybridized carbons (Fsp3) is 0.500. The van der Waals surface area contributed by atoms with Crippen LogP contribution < -0.4 is 16.0 Å². The molecule has 0 bridgehead atoms. The number of benzene rings is 1. The van der Waals surface area contributed by atoms with Crippen molar-refractivity contribution < 1.29 is 17.9 Å². The lowest BCUT2D eigenvalue weighted by atomic mass is 10.0. The molecule has 1 aromatic rings. The molecule has 100 valence electrons. The minimum atomic E-state index is -4.25. The van der Waals surface area contributed by atoms with Crippen LogP contribution in [-0.4, -0.2) is 12.3 Å². The van der Waals surface area contributed by atoms with Gasteiger partial charge >= 0.3 is 6.18 Å². The van der Waals surface area contributed by atoms with Gasteiger partial charge < -0.3 is 4.74 Å². The number of hydrogen-bond donors (Lipinski definition) is 2. The predicted octanol–water partition coefficient (Wildman–Crippen LogP) is 2.68. The summed E-state index contributed by atoms with van der Waals surface area (Å²) >= 11 is 0. The molecule has 0 amide bonds. The summed E-state index contributed by atoms with van der Waals surface area (Å²) in [4.78, 5) is 0. The predicted molar refractivity (Wildman–Crippen MR) is 60.8 cm³/mol. The Bertz CT molecular complexity index is 387. The van der Waals surface area contributed by atoms with Crippen LogP contribution in [-0.2, 0) is 0 Å². The van der Waals surface area contributed by atoms with Gasteiger partial charge in [0.05, 0.1) is 18.6 Å². The highest BCUT2D eigenvalue weighted by atomic mass is 19.4. The van der Waals surface area contributed by atoms with Crippen molar-refractivity contribution in [2.45, 2.75) is 37.6 Å². The first-order chi connectivity index (χ1) is 8.48. The van der Waals surface area contributed by atoms with E-state index < -0.39 is 18.6 Å². The molecule has 18 heavy (non-hydrogen) atoms. The third-order valence-electron chi connectivity index (χ3n) is 2.75. The van der Waals surface area contributed by atoms with Gasteiger partial charge in [-0.05, 0) is 30.5 Å². The molecule has 1 aliphatic carbocycles. The Morgan fingerprint density at radius 2 is 1.89 bits per heavy atom. The third kappa shape index (κ3) is 3.89. The van der Waals surface area contributed by atoms with Crippen molar-refractivity contribution in [2.24, 2.45) is 5.84 Å². The molecular weight excluding hydrogens is 245 g/mol. The van der Waals surface area contributed by atoms with Gasteiger partial charge in [0.1, 0.15) is 5.75 Å². The minimum absolute atomic E-state index is 0.273. The van der Waals surface area contributed by atoms with Gasteiger partial charge in [0.15, 0.2) is 0 Å². The lowest BCUT2D eigenvalue weighted by Gasteiger charge is -2.18. The monoisotopic (exact) mass is 260 g/mol. The second-order valence-corrected chi connectivity index (χ2v) is 4.42. The zero-order chi connectivity index (χ0) is 13.2. The molecule has 2 rings (SSSR count). The number of halogens is 3. The van der Waals surface area contributed by atoms with E-state index in [1.807, 2.05) is 0 Å². The van der Waals surface area contributed by atoms with Gasteiger partial charge in [0.25, 0.3) is 0 Å². The van der Waals surface area contributed by atoms with Crippen molar-refractivity contribution >= 4 is 0 Å². The largest absolute Gasteiger partial charge is 0.490 e. The topological polar surface area (TPSA) is 47.3 Å². The Morgan fingerprint density at radius 1 is 1.28 bits per heavy atom. The van der Waals surface area contributed by atoms with Crippen LogP contribution in [0.3, 0.4) is 0 Å². The molecule has 0 aromatic heterocycles. The van der Waals surface area contributed by atoms with Crippen LogP contribution in [0.5, 0.6) is 5.75 Å². The summed E-state index contributed by atoms with van der Waals surface area (Å²) in [5, 5.41) is 0. The molecule has 6 heteroatoms. The molecule has 0 radical (unpaired) electrons. The molecule has 0 heterocycles. The molecule has 0 saturated heterocycles. The number of rotatable bonds is 5. The summed E-state index contributed by atoms with van der Waals surface area (Å²) in [5.74, 6) is 5.84. The van der Waals surface area contributed by atoms with Gasteiger partial charge in [-0.2, -0.15) is 13.2 Å². The average Bonchev–Trinajstić information content (AvgIpc) is 3.10. The van der Waals surface area contributed by atoms with Crippen molar-refractivity contribution in [3.63, 3.8) is 0 Å². The Hall–Kier alpha value is -1.27. The third-order valence-corrected chi connectivity index (χ3v) is 2.75. The zero-order valence-electron chi connectivity index (χ0n) is 9.70. The standard InChI is InChI=1S/C12H15F3N2O/c13-12(14,15)7-11(17-16)8-1-3-9(4-2-8)18-10-5-6-10/h1-4,10-11,17H,5-7,16H2. The first kappa shape index (κ1) is 13.2. The quantitative estimate of drug-likeness (QED) is 0.632. The van der Waals surface area contributed by atoms with E-state index in [2.05, 4.69) is 5.43 Å². The van der Waals surface area contributed by atoms with Gasteiger partial charge in [-0.1, -0.05) is 12.1 Å². The number of nitrogens with two attached hydrogens (primary N) is 1. The number of ether oxygens (including phenoxy) is 1. The summed E-state index contributed by atoms with van der Waals surface area (Å²) < 4.78 is 42.5. The van der Waals surface area contributed by atoms with Crippen molar-refractivity contribution in [1.82, 2.24) is 5.43 Å². The number of hydrogen-bond acceptors (Lipinski definition) is 3. The van der Waals surface area contributed by atoms with E-state index in [1.54, 1.807) is 24.3 Å². The normalized spacial score (nSPS) is 17.6. The Morgan fingerprint density at radius 3 is 2.33 bits per heavy atom. The van der Waals surface area contributed by atoms with Gasteiger partial charge in [-0.25, -0.2) is 0 Å². The fourth-order valence-corrected chi connectivity index (χ4v) is 1.66. The molecular formula is C12H15F3N2O. The first-order valence-electron chi connectivity index (χ1n) is 5.77. The van der Waals surface area contributed by atoms with Crippen LogP contribution in [0.4, 0.5) is 13.2 Å². The maximum atomic E-state index is 12.3. The van der Waals surface area contributed by atoms with Gasteiger partial charge in [-0.15, -0.1) is 0 Å². The molecule has 1 unspecified atom stereocenters. The second-order valence-electron chi connectivity index (χ2n) is 4.42. The second kappa shape index (κ2) is 5.16. The van der Waals surface area contributed by atoms with Gasteiger partial charge in [0, 0.05) is 0 Å². The molecule has 3 nitrogen and oxygen atoms in total.